The van der Waals surface area contributed by atoms with Gasteiger partial charge in [-0.05, 0) is 74.1 Å². The fourth-order valence-electron chi connectivity index (χ4n) is 4.08. The van der Waals surface area contributed by atoms with E-state index >= 15 is 0 Å². The molecular formula is C26H28N2O3S. The van der Waals surface area contributed by atoms with Gasteiger partial charge < -0.3 is 5.32 Å². The molecule has 0 aromatic heterocycles. The number of aryl methyl sites for hydroxylation is 2. The molecule has 32 heavy (non-hydrogen) atoms. The Hall–Kier alpha value is -3.12. The van der Waals surface area contributed by atoms with E-state index in [0.29, 0.717) is 17.8 Å². The summed E-state index contributed by atoms with van der Waals surface area (Å²) in [7, 11) is -3.63. The molecule has 0 aliphatic carbocycles. The van der Waals surface area contributed by atoms with Crippen molar-refractivity contribution in [1.82, 2.24) is 5.32 Å². The van der Waals surface area contributed by atoms with Gasteiger partial charge in [0.25, 0.3) is 15.9 Å². The summed E-state index contributed by atoms with van der Waals surface area (Å²) in [4.78, 5) is 13.1. The molecule has 1 N–H and O–H groups in total. The Morgan fingerprint density at radius 2 is 1.69 bits per heavy atom. The van der Waals surface area contributed by atoms with E-state index in [9.17, 15) is 13.2 Å². The Morgan fingerprint density at radius 3 is 2.41 bits per heavy atom. The number of carbonyl (C=O) groups is 1. The van der Waals surface area contributed by atoms with Crippen molar-refractivity contribution in [3.05, 3.63) is 95.6 Å². The van der Waals surface area contributed by atoms with Crippen molar-refractivity contribution in [3.63, 3.8) is 0 Å². The van der Waals surface area contributed by atoms with Gasteiger partial charge in [0, 0.05) is 18.2 Å². The molecule has 1 unspecified atom stereocenters. The summed E-state index contributed by atoms with van der Waals surface area (Å²) in [5.74, 6) is -0.128. The number of hydrogen-bond donors (Lipinski definition) is 1. The summed E-state index contributed by atoms with van der Waals surface area (Å²) in [5.41, 5.74) is 3.37. The number of fused-ring (bicyclic) bond motifs is 1. The average molecular weight is 449 g/mol. The van der Waals surface area contributed by atoms with Crippen LogP contribution in [0.3, 0.4) is 0 Å². The normalized spacial score (nSPS) is 14.5. The van der Waals surface area contributed by atoms with Crippen molar-refractivity contribution in [2.45, 2.75) is 43.5 Å². The van der Waals surface area contributed by atoms with Crippen LogP contribution in [0.1, 0.15) is 41.3 Å². The van der Waals surface area contributed by atoms with E-state index in [1.807, 2.05) is 31.2 Å². The maximum atomic E-state index is 13.1. The van der Waals surface area contributed by atoms with Gasteiger partial charge in [-0.25, -0.2) is 8.42 Å². The number of nitrogens with one attached hydrogen (secondary N) is 1. The monoisotopic (exact) mass is 448 g/mol. The van der Waals surface area contributed by atoms with Crippen LogP contribution in [0, 0.1) is 0 Å². The lowest BCUT2D eigenvalue weighted by Gasteiger charge is -2.30. The van der Waals surface area contributed by atoms with Gasteiger partial charge in [0.2, 0.25) is 0 Å². The number of anilines is 1. The number of nitrogens with zero attached hydrogens (tertiary/aromatic N) is 1. The largest absolute Gasteiger partial charge is 0.350 e. The first-order chi connectivity index (χ1) is 15.4. The van der Waals surface area contributed by atoms with Gasteiger partial charge in [0.1, 0.15) is 0 Å². The smallest absolute Gasteiger partial charge is 0.264 e. The van der Waals surface area contributed by atoms with Crippen molar-refractivity contribution < 1.29 is 13.2 Å². The molecule has 1 aliphatic rings. The minimum absolute atomic E-state index is 0.0358. The van der Waals surface area contributed by atoms with E-state index in [1.165, 1.54) is 9.87 Å². The first-order valence-corrected chi connectivity index (χ1v) is 12.4. The zero-order valence-electron chi connectivity index (χ0n) is 18.2. The number of carbonyl (C=O) groups excluding carboxylic acids is 1. The van der Waals surface area contributed by atoms with Crippen LogP contribution in [0.5, 0.6) is 0 Å². The molecule has 6 heteroatoms. The first-order valence-electron chi connectivity index (χ1n) is 11.0. The molecule has 1 aliphatic heterocycles. The lowest BCUT2D eigenvalue weighted by Crippen LogP contribution is -2.36. The number of hydrogen-bond acceptors (Lipinski definition) is 3. The summed E-state index contributed by atoms with van der Waals surface area (Å²) >= 11 is 0. The highest BCUT2D eigenvalue weighted by atomic mass is 32.2. The molecule has 3 aromatic carbocycles. The lowest BCUT2D eigenvalue weighted by molar-refractivity contribution is 0.0938. The van der Waals surface area contributed by atoms with E-state index < -0.39 is 10.0 Å². The van der Waals surface area contributed by atoms with Crippen molar-refractivity contribution in [2.75, 3.05) is 10.8 Å². The third-order valence-electron chi connectivity index (χ3n) is 5.84. The number of sulfonamides is 1. The van der Waals surface area contributed by atoms with Crippen LogP contribution in [0.25, 0.3) is 0 Å². The quantitative estimate of drug-likeness (QED) is 0.575. The molecule has 4 rings (SSSR count). The summed E-state index contributed by atoms with van der Waals surface area (Å²) in [6.07, 6.45) is 3.22. The van der Waals surface area contributed by atoms with Gasteiger partial charge in [0.05, 0.1) is 10.6 Å². The Labute approximate surface area is 190 Å². The number of amides is 1. The zero-order chi connectivity index (χ0) is 22.6. The summed E-state index contributed by atoms with van der Waals surface area (Å²) < 4.78 is 27.8. The van der Waals surface area contributed by atoms with Gasteiger partial charge in [-0.1, -0.05) is 48.5 Å². The molecule has 0 radical (unpaired) electrons. The topological polar surface area (TPSA) is 66.5 Å². The molecule has 0 fully saturated rings. The second-order valence-corrected chi connectivity index (χ2v) is 10.1. The van der Waals surface area contributed by atoms with Crippen molar-refractivity contribution >= 4 is 21.6 Å². The minimum Gasteiger partial charge on any atom is -0.350 e. The number of rotatable bonds is 7. The molecule has 0 saturated heterocycles. The van der Waals surface area contributed by atoms with Gasteiger partial charge in [-0.3, -0.25) is 9.10 Å². The predicted molar refractivity (Wildman–Crippen MR) is 127 cm³/mol. The molecule has 0 bridgehead atoms. The highest BCUT2D eigenvalue weighted by Gasteiger charge is 2.29. The van der Waals surface area contributed by atoms with Crippen molar-refractivity contribution in [3.8, 4) is 0 Å². The highest BCUT2D eigenvalue weighted by Crippen LogP contribution is 2.32. The molecule has 166 valence electrons. The molecular weight excluding hydrogens is 420 g/mol. The van der Waals surface area contributed by atoms with Crippen LogP contribution in [0.2, 0.25) is 0 Å². The maximum absolute atomic E-state index is 13.1. The molecule has 3 aromatic rings. The first kappa shape index (κ1) is 22.1. The highest BCUT2D eigenvalue weighted by molar-refractivity contribution is 7.92. The Balaban J connectivity index is 1.47. The molecule has 5 nitrogen and oxygen atoms in total. The third-order valence-corrected chi connectivity index (χ3v) is 7.66. The van der Waals surface area contributed by atoms with Gasteiger partial charge in [-0.2, -0.15) is 0 Å². The zero-order valence-corrected chi connectivity index (χ0v) is 19.0. The van der Waals surface area contributed by atoms with Crippen LogP contribution < -0.4 is 9.62 Å². The second kappa shape index (κ2) is 9.57. The second-order valence-electron chi connectivity index (χ2n) is 8.24. The summed E-state index contributed by atoms with van der Waals surface area (Å²) in [6, 6.07) is 24.1. The molecule has 1 atom stereocenters. The molecule has 0 spiro atoms. The van der Waals surface area contributed by atoms with E-state index in [4.69, 9.17) is 0 Å². The van der Waals surface area contributed by atoms with E-state index in [0.717, 1.165) is 31.2 Å². The fraction of sp³-hybridized carbons (Fsp3) is 0.269. The van der Waals surface area contributed by atoms with Crippen LogP contribution in [-0.4, -0.2) is 26.9 Å². The Kier molecular flexibility index (Phi) is 6.61. The van der Waals surface area contributed by atoms with Crippen LogP contribution in [-0.2, 0) is 22.9 Å². The van der Waals surface area contributed by atoms with Gasteiger partial charge in [-0.15, -0.1) is 0 Å². The maximum Gasteiger partial charge on any atom is 0.264 e. The van der Waals surface area contributed by atoms with Crippen molar-refractivity contribution in [1.29, 1.82) is 0 Å². The van der Waals surface area contributed by atoms with E-state index in [-0.39, 0.29) is 16.8 Å². The average Bonchev–Trinajstić information content (AvgIpc) is 2.83. The van der Waals surface area contributed by atoms with Crippen LogP contribution in [0.15, 0.2) is 83.8 Å². The Morgan fingerprint density at radius 1 is 1.00 bits per heavy atom. The SMILES string of the molecule is CC(CCc1ccccc1)NC(=O)c1ccc2c(c1)CCCN2S(=O)(=O)c1ccccc1. The predicted octanol–water partition coefficient (Wildman–Crippen LogP) is 4.58. The fourth-order valence-corrected chi connectivity index (χ4v) is 5.64. The summed E-state index contributed by atoms with van der Waals surface area (Å²) in [6.45, 7) is 2.44. The van der Waals surface area contributed by atoms with Crippen LogP contribution in [0.4, 0.5) is 5.69 Å². The summed E-state index contributed by atoms with van der Waals surface area (Å²) in [5, 5.41) is 3.07. The van der Waals surface area contributed by atoms with E-state index in [2.05, 4.69) is 17.4 Å². The number of benzene rings is 3. The molecule has 0 saturated carbocycles. The molecule has 1 amide bonds. The van der Waals surface area contributed by atoms with Gasteiger partial charge in [0.15, 0.2) is 0 Å². The van der Waals surface area contributed by atoms with Crippen molar-refractivity contribution in [2.24, 2.45) is 0 Å². The Bertz CT molecular complexity index is 1180. The van der Waals surface area contributed by atoms with E-state index in [1.54, 1.807) is 42.5 Å². The van der Waals surface area contributed by atoms with Gasteiger partial charge >= 0.3 is 0 Å². The minimum atomic E-state index is -3.63. The lowest BCUT2D eigenvalue weighted by atomic mass is 10.00. The van der Waals surface area contributed by atoms with Crippen LogP contribution >= 0.6 is 0 Å². The standard InChI is InChI=1S/C26H28N2O3S/c1-20(14-15-21-9-4-2-5-10-21)27-26(29)23-16-17-25-22(19-23)11-8-18-28(25)32(30,31)24-12-6-3-7-13-24/h2-7,9-10,12-13,16-17,19-20H,8,11,14-15,18H2,1H3,(H,27,29). The third kappa shape index (κ3) is 4.86. The molecule has 1 heterocycles.